The van der Waals surface area contributed by atoms with E-state index < -0.39 is 0 Å². The molecule has 6 heteroatoms. The maximum absolute atomic E-state index is 13.1. The van der Waals surface area contributed by atoms with Crippen LogP contribution in [0.3, 0.4) is 0 Å². The largest absolute Gasteiger partial charge is 0.378 e. The molecule has 30 heavy (non-hydrogen) atoms. The fourth-order valence-corrected chi connectivity index (χ4v) is 4.52. The average Bonchev–Trinajstić information content (AvgIpc) is 3.28. The van der Waals surface area contributed by atoms with Crippen molar-refractivity contribution in [3.8, 4) is 6.07 Å². The minimum Gasteiger partial charge on any atom is -0.378 e. The molecule has 5 rings (SSSR count). The highest BCUT2D eigenvalue weighted by Crippen LogP contribution is 2.50. The molecule has 1 amide bonds. The first-order valence-corrected chi connectivity index (χ1v) is 10.6. The number of carbonyl (C=O) groups is 1. The summed E-state index contributed by atoms with van der Waals surface area (Å²) in [7, 11) is 2.02. The van der Waals surface area contributed by atoms with Crippen LogP contribution in [-0.2, 0) is 23.8 Å². The smallest absolute Gasteiger partial charge is 0.233 e. The fraction of sp³-hybridized carbons (Fsp3) is 0.375. The van der Waals surface area contributed by atoms with Crippen molar-refractivity contribution >= 4 is 22.6 Å². The van der Waals surface area contributed by atoms with Gasteiger partial charge < -0.3 is 14.8 Å². The summed E-state index contributed by atoms with van der Waals surface area (Å²) < 4.78 is 2.09. The predicted octanol–water partition coefficient (Wildman–Crippen LogP) is 3.71. The Balaban J connectivity index is 1.38. The van der Waals surface area contributed by atoms with E-state index in [-0.39, 0.29) is 5.41 Å². The molecule has 1 aromatic heterocycles. The maximum atomic E-state index is 13.1. The molecule has 3 aromatic rings. The molecule has 0 bridgehead atoms. The van der Waals surface area contributed by atoms with Crippen LogP contribution in [0.25, 0.3) is 11.0 Å². The van der Waals surface area contributed by atoms with Crippen molar-refractivity contribution in [2.45, 2.75) is 37.6 Å². The van der Waals surface area contributed by atoms with Gasteiger partial charge in [-0.15, -0.1) is 0 Å². The summed E-state index contributed by atoms with van der Waals surface area (Å²) in [6, 6.07) is 15.9. The van der Waals surface area contributed by atoms with Gasteiger partial charge in [-0.25, -0.2) is 4.98 Å². The number of hydrogen-bond donors (Lipinski definition) is 1. The quantitative estimate of drug-likeness (QED) is 0.710. The van der Waals surface area contributed by atoms with E-state index in [4.69, 9.17) is 10.2 Å². The van der Waals surface area contributed by atoms with Crippen molar-refractivity contribution in [3.05, 3.63) is 59.4 Å². The summed E-state index contributed by atoms with van der Waals surface area (Å²) in [5.41, 5.74) is 4.39. The number of aromatic nitrogens is 2. The number of nitrogens with zero attached hydrogens (tertiary/aromatic N) is 4. The first-order valence-electron chi connectivity index (χ1n) is 10.6. The number of rotatable bonds is 5. The number of carbonyl (C=O) groups excluding carboxylic acids is 1. The summed E-state index contributed by atoms with van der Waals surface area (Å²) in [6.07, 6.45) is 4.12. The number of imidazole rings is 1. The highest BCUT2D eigenvalue weighted by Gasteiger charge is 2.53. The number of aryl methyl sites for hydroxylation is 1. The number of nitrogens with one attached hydrogen (secondary N) is 1. The molecule has 1 saturated heterocycles. The molecular weight excluding hydrogens is 374 g/mol. The molecule has 0 atom stereocenters. The maximum Gasteiger partial charge on any atom is 0.233 e. The van der Waals surface area contributed by atoms with E-state index in [2.05, 4.69) is 34.2 Å². The zero-order chi connectivity index (χ0) is 20.7. The molecule has 2 aliphatic rings. The zero-order valence-electron chi connectivity index (χ0n) is 17.2. The van der Waals surface area contributed by atoms with E-state index in [9.17, 15) is 4.79 Å². The third-order valence-corrected chi connectivity index (χ3v) is 6.54. The van der Waals surface area contributed by atoms with Crippen LogP contribution in [-0.4, -0.2) is 33.4 Å². The van der Waals surface area contributed by atoms with E-state index in [0.717, 1.165) is 66.9 Å². The molecular formula is C24H25N5O. The van der Waals surface area contributed by atoms with Gasteiger partial charge in [-0.1, -0.05) is 6.07 Å². The molecule has 0 unspecified atom stereocenters. The second kappa shape index (κ2) is 7.17. The predicted molar refractivity (Wildman–Crippen MR) is 116 cm³/mol. The average molecular weight is 399 g/mol. The second-order valence-corrected chi connectivity index (χ2v) is 8.41. The van der Waals surface area contributed by atoms with Crippen LogP contribution in [0.1, 0.15) is 42.6 Å². The van der Waals surface area contributed by atoms with Crippen LogP contribution in [0.4, 0.5) is 5.69 Å². The third-order valence-electron chi connectivity index (χ3n) is 6.54. The highest BCUT2D eigenvalue weighted by molar-refractivity contribution is 5.92. The Morgan fingerprint density at radius 1 is 1.17 bits per heavy atom. The van der Waals surface area contributed by atoms with Crippen molar-refractivity contribution in [1.29, 1.82) is 5.26 Å². The third kappa shape index (κ3) is 3.11. The van der Waals surface area contributed by atoms with Crippen LogP contribution in [0, 0.1) is 11.3 Å². The molecule has 2 aromatic carbocycles. The van der Waals surface area contributed by atoms with Gasteiger partial charge >= 0.3 is 0 Å². The Hall–Kier alpha value is -3.33. The van der Waals surface area contributed by atoms with E-state index in [1.54, 1.807) is 12.1 Å². The van der Waals surface area contributed by atoms with Gasteiger partial charge in [0.15, 0.2) is 0 Å². The number of hydrogen-bond acceptors (Lipinski definition) is 4. The first kappa shape index (κ1) is 18.7. The molecule has 0 radical (unpaired) electrons. The monoisotopic (exact) mass is 399 g/mol. The van der Waals surface area contributed by atoms with Crippen LogP contribution in [0.15, 0.2) is 42.5 Å². The molecule has 1 N–H and O–H groups in total. The topological polar surface area (TPSA) is 74.0 Å². The lowest BCUT2D eigenvalue weighted by Gasteiger charge is -2.23. The van der Waals surface area contributed by atoms with Gasteiger partial charge in [0.1, 0.15) is 5.82 Å². The molecule has 152 valence electrons. The summed E-state index contributed by atoms with van der Waals surface area (Å²) in [6.45, 7) is 2.39. The fourth-order valence-electron chi connectivity index (χ4n) is 4.52. The van der Waals surface area contributed by atoms with Crippen molar-refractivity contribution in [2.75, 3.05) is 18.4 Å². The Morgan fingerprint density at radius 2 is 1.90 bits per heavy atom. The van der Waals surface area contributed by atoms with Gasteiger partial charge in [-0.2, -0.15) is 5.26 Å². The van der Waals surface area contributed by atoms with Gasteiger partial charge in [0, 0.05) is 25.8 Å². The normalized spacial score (nSPS) is 17.1. The molecule has 1 saturated carbocycles. The van der Waals surface area contributed by atoms with Crippen LogP contribution >= 0.6 is 0 Å². The number of nitriles is 1. The van der Waals surface area contributed by atoms with Crippen LogP contribution in [0.5, 0.6) is 0 Å². The van der Waals surface area contributed by atoms with Gasteiger partial charge in [-0.05, 0) is 67.6 Å². The Labute approximate surface area is 176 Å². The lowest BCUT2D eigenvalue weighted by atomic mass is 9.94. The standard InChI is InChI=1S/C24H25N5O/c1-28-21-9-6-18(24(10-11-24)23(30)29-12-2-3-13-29)14-20(21)27-22(28)16-26-19-7-4-17(15-25)5-8-19/h4-9,14,26H,2-3,10-13,16H2,1H3. The SMILES string of the molecule is Cn1c(CNc2ccc(C#N)cc2)nc2cc(C3(C(=O)N4CCCC4)CC3)ccc21. The van der Waals surface area contributed by atoms with Crippen molar-refractivity contribution in [1.82, 2.24) is 14.5 Å². The number of benzene rings is 2. The summed E-state index contributed by atoms with van der Waals surface area (Å²) in [5, 5.41) is 12.3. The first-order chi connectivity index (χ1) is 14.6. The molecule has 1 aliphatic carbocycles. The van der Waals surface area contributed by atoms with E-state index in [1.165, 1.54) is 0 Å². The Morgan fingerprint density at radius 3 is 2.57 bits per heavy atom. The highest BCUT2D eigenvalue weighted by atomic mass is 16.2. The zero-order valence-corrected chi connectivity index (χ0v) is 17.2. The van der Waals surface area contributed by atoms with Crippen molar-refractivity contribution < 1.29 is 4.79 Å². The second-order valence-electron chi connectivity index (χ2n) is 8.41. The molecule has 2 fully saturated rings. The number of amides is 1. The summed E-state index contributed by atoms with van der Waals surface area (Å²) in [5.74, 6) is 1.24. The molecule has 1 aliphatic heterocycles. The van der Waals surface area contributed by atoms with Gasteiger partial charge in [0.25, 0.3) is 0 Å². The lowest BCUT2D eigenvalue weighted by Crippen LogP contribution is -2.37. The van der Waals surface area contributed by atoms with Gasteiger partial charge in [0.05, 0.1) is 34.6 Å². The Bertz CT molecular complexity index is 1140. The van der Waals surface area contributed by atoms with Crippen molar-refractivity contribution in [2.24, 2.45) is 7.05 Å². The summed E-state index contributed by atoms with van der Waals surface area (Å²) in [4.78, 5) is 20.0. The van der Waals surface area contributed by atoms with Crippen LogP contribution in [0.2, 0.25) is 0 Å². The van der Waals surface area contributed by atoms with E-state index in [1.807, 2.05) is 24.1 Å². The summed E-state index contributed by atoms with van der Waals surface area (Å²) >= 11 is 0. The minimum atomic E-state index is -0.322. The van der Waals surface area contributed by atoms with Crippen LogP contribution < -0.4 is 5.32 Å². The number of likely N-dealkylation sites (tertiary alicyclic amines) is 1. The molecule has 0 spiro atoms. The van der Waals surface area contributed by atoms with Crippen molar-refractivity contribution in [3.63, 3.8) is 0 Å². The number of fused-ring (bicyclic) bond motifs is 1. The van der Waals surface area contributed by atoms with Gasteiger partial charge in [0.2, 0.25) is 5.91 Å². The van der Waals surface area contributed by atoms with E-state index in [0.29, 0.717) is 18.0 Å². The molecule has 6 nitrogen and oxygen atoms in total. The Kier molecular flexibility index (Phi) is 4.47. The lowest BCUT2D eigenvalue weighted by molar-refractivity contribution is -0.132. The van der Waals surface area contributed by atoms with E-state index >= 15 is 0 Å². The number of anilines is 1. The minimum absolute atomic E-state index is 0.304. The molecule has 2 heterocycles. The van der Waals surface area contributed by atoms with Gasteiger partial charge in [-0.3, -0.25) is 4.79 Å².